The second kappa shape index (κ2) is 6.60. The van der Waals surface area contributed by atoms with Crippen molar-refractivity contribution in [3.63, 3.8) is 0 Å². The summed E-state index contributed by atoms with van der Waals surface area (Å²) in [6.07, 6.45) is 0. The van der Waals surface area contributed by atoms with E-state index >= 15 is 0 Å². The highest BCUT2D eigenvalue weighted by Gasteiger charge is 2.12. The number of para-hydroxylation sites is 1. The van der Waals surface area contributed by atoms with Gasteiger partial charge in [0.1, 0.15) is 17.3 Å². The van der Waals surface area contributed by atoms with E-state index in [1.54, 1.807) is 18.2 Å². The first kappa shape index (κ1) is 15.3. The zero-order valence-electron chi connectivity index (χ0n) is 11.7. The Labute approximate surface area is 124 Å². The average Bonchev–Trinajstić information content (AvgIpc) is 2.43. The molecule has 0 unspecified atom stereocenters. The van der Waals surface area contributed by atoms with Gasteiger partial charge in [0.2, 0.25) is 10.0 Å². The summed E-state index contributed by atoms with van der Waals surface area (Å²) in [5.41, 5.74) is 1.60. The Bertz CT molecular complexity index is 714. The van der Waals surface area contributed by atoms with Crippen molar-refractivity contribution in [1.82, 2.24) is 0 Å². The Morgan fingerprint density at radius 2 is 1.90 bits per heavy atom. The first-order valence-electron chi connectivity index (χ1n) is 6.52. The quantitative estimate of drug-likeness (QED) is 0.801. The number of anilines is 1. The van der Waals surface area contributed by atoms with Crippen LogP contribution in [0, 0.1) is 6.92 Å². The summed E-state index contributed by atoms with van der Waals surface area (Å²) in [5, 5.41) is 8.19. The number of nitrogens with two attached hydrogens (primary N) is 1. The Balaban J connectivity index is 1.93. The summed E-state index contributed by atoms with van der Waals surface area (Å²) in [6.45, 7) is 2.89. The van der Waals surface area contributed by atoms with Crippen molar-refractivity contribution in [2.24, 2.45) is 5.14 Å². The van der Waals surface area contributed by atoms with E-state index in [9.17, 15) is 8.42 Å². The van der Waals surface area contributed by atoms with E-state index < -0.39 is 10.0 Å². The molecule has 0 heterocycles. The van der Waals surface area contributed by atoms with Gasteiger partial charge < -0.3 is 10.1 Å². The highest BCUT2D eigenvalue weighted by Crippen LogP contribution is 2.19. The Kier molecular flexibility index (Phi) is 4.82. The molecule has 0 saturated carbocycles. The van der Waals surface area contributed by atoms with Crippen molar-refractivity contribution in [3.05, 3.63) is 54.1 Å². The smallest absolute Gasteiger partial charge is 0.240 e. The Hall–Kier alpha value is -2.05. The molecule has 0 spiro atoms. The van der Waals surface area contributed by atoms with Crippen LogP contribution in [0.5, 0.6) is 5.75 Å². The predicted octanol–water partition coefficient (Wildman–Crippen LogP) is 2.13. The first-order valence-corrected chi connectivity index (χ1v) is 8.06. The summed E-state index contributed by atoms with van der Waals surface area (Å²) >= 11 is 0. The van der Waals surface area contributed by atoms with Crippen LogP contribution in [0.15, 0.2) is 53.4 Å². The van der Waals surface area contributed by atoms with Crippen LogP contribution in [0.1, 0.15) is 5.56 Å². The van der Waals surface area contributed by atoms with Gasteiger partial charge in [0.25, 0.3) is 0 Å². The molecule has 3 N–H and O–H groups in total. The molecule has 0 radical (unpaired) electrons. The molecule has 0 aliphatic rings. The lowest BCUT2D eigenvalue weighted by Crippen LogP contribution is -2.17. The van der Waals surface area contributed by atoms with Crippen LogP contribution in [0.25, 0.3) is 0 Å². The number of rotatable bonds is 6. The molecule has 6 heteroatoms. The van der Waals surface area contributed by atoms with Gasteiger partial charge in [0.05, 0.1) is 5.69 Å². The maximum Gasteiger partial charge on any atom is 0.240 e. The third-order valence-electron chi connectivity index (χ3n) is 2.87. The first-order chi connectivity index (χ1) is 9.97. The van der Waals surface area contributed by atoms with Gasteiger partial charge in [-0.05, 0) is 36.8 Å². The van der Waals surface area contributed by atoms with E-state index in [-0.39, 0.29) is 4.90 Å². The highest BCUT2D eigenvalue weighted by atomic mass is 32.2. The fourth-order valence-electron chi connectivity index (χ4n) is 1.92. The zero-order valence-corrected chi connectivity index (χ0v) is 12.6. The maximum absolute atomic E-state index is 11.5. The second-order valence-electron chi connectivity index (χ2n) is 4.63. The number of nitrogens with one attached hydrogen (secondary N) is 1. The monoisotopic (exact) mass is 306 g/mol. The Morgan fingerprint density at radius 3 is 2.62 bits per heavy atom. The van der Waals surface area contributed by atoms with Crippen molar-refractivity contribution in [2.45, 2.75) is 11.8 Å². The number of hydrogen-bond acceptors (Lipinski definition) is 4. The van der Waals surface area contributed by atoms with Gasteiger partial charge in [-0.1, -0.05) is 24.3 Å². The van der Waals surface area contributed by atoms with E-state index in [2.05, 4.69) is 5.32 Å². The molecule has 0 bridgehead atoms. The van der Waals surface area contributed by atoms with Crippen LogP contribution >= 0.6 is 0 Å². The van der Waals surface area contributed by atoms with Crippen molar-refractivity contribution in [3.8, 4) is 5.75 Å². The predicted molar refractivity (Wildman–Crippen MR) is 83.0 cm³/mol. The summed E-state index contributed by atoms with van der Waals surface area (Å²) in [4.78, 5) is 0.0838. The third kappa shape index (κ3) is 4.47. The average molecular weight is 306 g/mol. The van der Waals surface area contributed by atoms with Gasteiger partial charge in [-0.3, -0.25) is 0 Å². The molecule has 2 aromatic carbocycles. The lowest BCUT2D eigenvalue weighted by Gasteiger charge is -2.11. The van der Waals surface area contributed by atoms with Crippen LogP contribution in [0.3, 0.4) is 0 Å². The summed E-state index contributed by atoms with van der Waals surface area (Å²) in [7, 11) is -3.73. The van der Waals surface area contributed by atoms with Crippen LogP contribution in [0.4, 0.5) is 5.69 Å². The van der Waals surface area contributed by atoms with Crippen molar-refractivity contribution < 1.29 is 13.2 Å². The summed E-state index contributed by atoms with van der Waals surface area (Å²) in [6, 6.07) is 14.3. The van der Waals surface area contributed by atoms with Crippen LogP contribution in [-0.2, 0) is 10.0 Å². The van der Waals surface area contributed by atoms with E-state index in [1.807, 2.05) is 31.2 Å². The molecule has 0 aliphatic carbocycles. The number of primary sulfonamides is 1. The number of sulfonamides is 1. The molecule has 5 nitrogen and oxygen atoms in total. The molecule has 0 amide bonds. The van der Waals surface area contributed by atoms with Gasteiger partial charge >= 0.3 is 0 Å². The molecule has 2 rings (SSSR count). The largest absolute Gasteiger partial charge is 0.492 e. The lowest BCUT2D eigenvalue weighted by atomic mass is 10.2. The maximum atomic E-state index is 11.5. The highest BCUT2D eigenvalue weighted by molar-refractivity contribution is 7.89. The molecule has 0 aromatic heterocycles. The molecule has 0 saturated heterocycles. The fourth-order valence-corrected chi connectivity index (χ4v) is 2.64. The van der Waals surface area contributed by atoms with Crippen LogP contribution < -0.4 is 15.2 Å². The van der Waals surface area contributed by atoms with Gasteiger partial charge in [0, 0.05) is 6.54 Å². The van der Waals surface area contributed by atoms with Gasteiger partial charge in [-0.2, -0.15) is 0 Å². The van der Waals surface area contributed by atoms with Crippen molar-refractivity contribution in [1.29, 1.82) is 0 Å². The molecule has 0 fully saturated rings. The number of hydrogen-bond donors (Lipinski definition) is 2. The zero-order chi connectivity index (χ0) is 15.3. The van der Waals surface area contributed by atoms with Crippen molar-refractivity contribution >= 4 is 15.7 Å². The summed E-state index contributed by atoms with van der Waals surface area (Å²) < 4.78 is 28.5. The van der Waals surface area contributed by atoms with Gasteiger partial charge in [0.15, 0.2) is 0 Å². The minimum Gasteiger partial charge on any atom is -0.492 e. The molecule has 0 atom stereocenters. The lowest BCUT2D eigenvalue weighted by molar-refractivity contribution is 0.332. The van der Waals surface area contributed by atoms with E-state index in [4.69, 9.17) is 9.88 Å². The molecule has 21 heavy (non-hydrogen) atoms. The topological polar surface area (TPSA) is 81.4 Å². The van der Waals surface area contributed by atoms with Crippen LogP contribution in [0.2, 0.25) is 0 Å². The number of ether oxygens (including phenoxy) is 1. The molecule has 112 valence electrons. The number of benzene rings is 2. The van der Waals surface area contributed by atoms with Gasteiger partial charge in [-0.25, -0.2) is 13.6 Å². The molecule has 2 aromatic rings. The molecule has 0 aliphatic heterocycles. The number of aryl methyl sites for hydroxylation is 1. The van der Waals surface area contributed by atoms with E-state index in [0.717, 1.165) is 11.3 Å². The second-order valence-corrected chi connectivity index (χ2v) is 6.16. The SMILES string of the molecule is Cc1cccc(OCCNc2ccccc2S(N)(=O)=O)c1. The van der Waals surface area contributed by atoms with Crippen molar-refractivity contribution in [2.75, 3.05) is 18.5 Å². The third-order valence-corrected chi connectivity index (χ3v) is 3.84. The van der Waals surface area contributed by atoms with E-state index in [0.29, 0.717) is 18.8 Å². The fraction of sp³-hybridized carbons (Fsp3) is 0.200. The molecular weight excluding hydrogens is 288 g/mol. The van der Waals surface area contributed by atoms with Gasteiger partial charge in [-0.15, -0.1) is 0 Å². The summed E-state index contributed by atoms with van der Waals surface area (Å²) in [5.74, 6) is 0.788. The van der Waals surface area contributed by atoms with Crippen LogP contribution in [-0.4, -0.2) is 21.6 Å². The standard InChI is InChI=1S/C15H18N2O3S/c1-12-5-4-6-13(11-12)20-10-9-17-14-7-2-3-8-15(14)21(16,18)19/h2-8,11,17H,9-10H2,1H3,(H2,16,18,19). The normalized spacial score (nSPS) is 11.1. The Morgan fingerprint density at radius 1 is 1.14 bits per heavy atom. The minimum absolute atomic E-state index is 0.0838. The molecular formula is C15H18N2O3S. The minimum atomic E-state index is -3.73. The van der Waals surface area contributed by atoms with E-state index in [1.165, 1.54) is 6.07 Å².